The number of rotatable bonds is 3. The largest absolute Gasteiger partial charge is 0.494 e. The fraction of sp³-hybridized carbons (Fsp3) is 0.200. The van der Waals surface area contributed by atoms with Crippen LogP contribution in [0.5, 0.6) is 5.75 Å². The number of hydrogen-bond acceptors (Lipinski definition) is 3. The monoisotopic (exact) mass is 205 g/mol. The molecule has 0 aliphatic carbocycles. The van der Waals surface area contributed by atoms with Crippen LogP contribution in [0.2, 0.25) is 0 Å². The summed E-state index contributed by atoms with van der Waals surface area (Å²) in [7, 11) is 3.40. The summed E-state index contributed by atoms with van der Waals surface area (Å²) in [5.74, 6) is 0.605. The van der Waals surface area contributed by atoms with E-state index in [9.17, 15) is 4.79 Å². The molecule has 0 unspecified atom stereocenters. The standard InChI is InChI=1S/C10H11N3O2/c1-13-5-7-3-9(11-6-14)10(15-2)4-8(7)12-13/h3-6H,1-2H3,(H,11,14). The molecule has 0 radical (unpaired) electrons. The zero-order valence-corrected chi connectivity index (χ0v) is 8.52. The molecule has 1 N–H and O–H groups in total. The third-order valence-corrected chi connectivity index (χ3v) is 2.15. The number of aryl methyl sites for hydroxylation is 1. The van der Waals surface area contributed by atoms with Gasteiger partial charge in [0.05, 0.1) is 18.3 Å². The predicted octanol–water partition coefficient (Wildman–Crippen LogP) is 1.15. The minimum Gasteiger partial charge on any atom is -0.494 e. The van der Waals surface area contributed by atoms with Gasteiger partial charge >= 0.3 is 0 Å². The van der Waals surface area contributed by atoms with Crippen LogP contribution in [0.4, 0.5) is 5.69 Å². The summed E-state index contributed by atoms with van der Waals surface area (Å²) >= 11 is 0. The molecule has 0 spiro atoms. The molecule has 15 heavy (non-hydrogen) atoms. The molecule has 1 amide bonds. The molecule has 0 saturated carbocycles. The van der Waals surface area contributed by atoms with E-state index >= 15 is 0 Å². The molecule has 0 saturated heterocycles. The SMILES string of the molecule is COc1cc2nn(C)cc2cc1NC=O. The third kappa shape index (κ3) is 1.63. The molecular weight excluding hydrogens is 194 g/mol. The Hall–Kier alpha value is -2.04. The van der Waals surface area contributed by atoms with Crippen LogP contribution in [0.15, 0.2) is 18.3 Å². The minimum absolute atomic E-state index is 0.605. The van der Waals surface area contributed by atoms with Crippen LogP contribution in [-0.4, -0.2) is 23.3 Å². The summed E-state index contributed by atoms with van der Waals surface area (Å²) in [6.45, 7) is 0. The van der Waals surface area contributed by atoms with Gasteiger partial charge in [0.25, 0.3) is 0 Å². The van der Waals surface area contributed by atoms with Gasteiger partial charge in [-0.25, -0.2) is 0 Å². The number of fused-ring (bicyclic) bond motifs is 1. The highest BCUT2D eigenvalue weighted by atomic mass is 16.5. The Labute approximate surface area is 86.6 Å². The van der Waals surface area contributed by atoms with E-state index in [0.717, 1.165) is 10.9 Å². The van der Waals surface area contributed by atoms with Crippen molar-refractivity contribution in [3.8, 4) is 5.75 Å². The van der Waals surface area contributed by atoms with Crippen LogP contribution in [0, 0.1) is 0 Å². The first kappa shape index (κ1) is 9.51. The normalized spacial score (nSPS) is 10.3. The van der Waals surface area contributed by atoms with Crippen molar-refractivity contribution in [1.29, 1.82) is 0 Å². The number of hydrogen-bond donors (Lipinski definition) is 1. The van der Waals surface area contributed by atoms with Crippen LogP contribution in [-0.2, 0) is 11.8 Å². The topological polar surface area (TPSA) is 56.1 Å². The zero-order valence-electron chi connectivity index (χ0n) is 8.52. The highest BCUT2D eigenvalue weighted by molar-refractivity contribution is 5.88. The van der Waals surface area contributed by atoms with Crippen molar-refractivity contribution in [2.24, 2.45) is 7.05 Å². The lowest BCUT2D eigenvalue weighted by molar-refractivity contribution is -0.105. The summed E-state index contributed by atoms with van der Waals surface area (Å²) in [4.78, 5) is 10.4. The van der Waals surface area contributed by atoms with Gasteiger partial charge in [-0.2, -0.15) is 5.10 Å². The Morgan fingerprint density at radius 1 is 1.53 bits per heavy atom. The molecule has 2 rings (SSSR count). The molecule has 1 aromatic carbocycles. The summed E-state index contributed by atoms with van der Waals surface area (Å²) in [6.07, 6.45) is 2.50. The number of methoxy groups -OCH3 is 1. The Balaban J connectivity index is 2.62. The quantitative estimate of drug-likeness (QED) is 0.765. The van der Waals surface area contributed by atoms with Crippen molar-refractivity contribution in [2.75, 3.05) is 12.4 Å². The van der Waals surface area contributed by atoms with Crippen LogP contribution in [0.3, 0.4) is 0 Å². The van der Waals surface area contributed by atoms with Crippen molar-refractivity contribution in [1.82, 2.24) is 9.78 Å². The maximum atomic E-state index is 10.4. The molecule has 0 fully saturated rings. The fourth-order valence-electron chi connectivity index (χ4n) is 1.52. The Morgan fingerprint density at radius 3 is 3.00 bits per heavy atom. The number of amides is 1. The van der Waals surface area contributed by atoms with E-state index in [1.165, 1.54) is 0 Å². The van der Waals surface area contributed by atoms with Gasteiger partial charge in [-0.3, -0.25) is 9.48 Å². The van der Waals surface area contributed by atoms with Crippen molar-refractivity contribution < 1.29 is 9.53 Å². The van der Waals surface area contributed by atoms with E-state index in [2.05, 4.69) is 10.4 Å². The molecule has 0 aliphatic rings. The van der Waals surface area contributed by atoms with Gasteiger partial charge in [-0.1, -0.05) is 0 Å². The zero-order chi connectivity index (χ0) is 10.8. The Kier molecular flexibility index (Phi) is 2.29. The average molecular weight is 205 g/mol. The van der Waals surface area contributed by atoms with Gasteiger partial charge in [-0.05, 0) is 6.07 Å². The lowest BCUT2D eigenvalue weighted by Crippen LogP contribution is -1.97. The molecule has 5 nitrogen and oxygen atoms in total. The van der Waals surface area contributed by atoms with Crippen LogP contribution < -0.4 is 10.1 Å². The van der Waals surface area contributed by atoms with E-state index in [-0.39, 0.29) is 0 Å². The first-order chi connectivity index (χ1) is 7.24. The Bertz CT molecular complexity index is 505. The number of ether oxygens (including phenoxy) is 1. The van der Waals surface area contributed by atoms with Gasteiger partial charge in [0.1, 0.15) is 5.75 Å². The number of anilines is 1. The average Bonchev–Trinajstić information content (AvgIpc) is 2.56. The summed E-state index contributed by atoms with van der Waals surface area (Å²) in [5, 5.41) is 7.79. The second kappa shape index (κ2) is 3.61. The summed E-state index contributed by atoms with van der Waals surface area (Å²) < 4.78 is 6.86. The van der Waals surface area contributed by atoms with E-state index in [0.29, 0.717) is 17.8 Å². The molecular formula is C10H11N3O2. The number of nitrogens with zero attached hydrogens (tertiary/aromatic N) is 2. The highest BCUT2D eigenvalue weighted by Crippen LogP contribution is 2.28. The van der Waals surface area contributed by atoms with Crippen LogP contribution in [0.25, 0.3) is 10.9 Å². The van der Waals surface area contributed by atoms with E-state index in [1.54, 1.807) is 17.9 Å². The number of carbonyl (C=O) groups excluding carboxylic acids is 1. The lowest BCUT2D eigenvalue weighted by Gasteiger charge is -2.06. The van der Waals surface area contributed by atoms with Gasteiger partial charge in [0.2, 0.25) is 6.41 Å². The lowest BCUT2D eigenvalue weighted by atomic mass is 10.2. The van der Waals surface area contributed by atoms with Crippen LogP contribution >= 0.6 is 0 Å². The maximum absolute atomic E-state index is 10.4. The minimum atomic E-state index is 0.605. The van der Waals surface area contributed by atoms with Gasteiger partial charge in [0, 0.05) is 24.7 Å². The molecule has 78 valence electrons. The van der Waals surface area contributed by atoms with Crippen molar-refractivity contribution >= 4 is 23.0 Å². The third-order valence-electron chi connectivity index (χ3n) is 2.15. The Morgan fingerprint density at radius 2 is 2.33 bits per heavy atom. The molecule has 0 aliphatic heterocycles. The van der Waals surface area contributed by atoms with Gasteiger partial charge in [0.15, 0.2) is 0 Å². The summed E-state index contributed by atoms with van der Waals surface area (Å²) in [6, 6.07) is 3.62. The molecule has 1 aromatic heterocycles. The molecule has 0 bridgehead atoms. The summed E-state index contributed by atoms with van der Waals surface area (Å²) in [5.41, 5.74) is 1.48. The number of carbonyl (C=O) groups is 1. The van der Waals surface area contributed by atoms with Gasteiger partial charge < -0.3 is 10.1 Å². The first-order valence-electron chi connectivity index (χ1n) is 4.46. The molecule has 0 atom stereocenters. The number of nitrogens with one attached hydrogen (secondary N) is 1. The first-order valence-corrected chi connectivity index (χ1v) is 4.46. The fourth-order valence-corrected chi connectivity index (χ4v) is 1.52. The van der Waals surface area contributed by atoms with Crippen LogP contribution in [0.1, 0.15) is 0 Å². The van der Waals surface area contributed by atoms with Crippen molar-refractivity contribution in [3.63, 3.8) is 0 Å². The molecule has 1 heterocycles. The van der Waals surface area contributed by atoms with E-state index < -0.39 is 0 Å². The second-order valence-electron chi connectivity index (χ2n) is 3.18. The molecule has 2 aromatic rings. The smallest absolute Gasteiger partial charge is 0.211 e. The van der Waals surface area contributed by atoms with Crippen molar-refractivity contribution in [3.05, 3.63) is 18.3 Å². The number of benzene rings is 1. The van der Waals surface area contributed by atoms with E-state index in [1.807, 2.05) is 19.3 Å². The molecule has 5 heteroatoms. The van der Waals surface area contributed by atoms with E-state index in [4.69, 9.17) is 4.74 Å². The van der Waals surface area contributed by atoms with Gasteiger partial charge in [-0.15, -0.1) is 0 Å². The second-order valence-corrected chi connectivity index (χ2v) is 3.18. The van der Waals surface area contributed by atoms with Crippen molar-refractivity contribution in [2.45, 2.75) is 0 Å². The number of aromatic nitrogens is 2. The highest BCUT2D eigenvalue weighted by Gasteiger charge is 2.07. The predicted molar refractivity (Wildman–Crippen MR) is 57.0 cm³/mol. The maximum Gasteiger partial charge on any atom is 0.211 e.